The number of carbonyl (C=O) groups excluding carboxylic acids is 1. The van der Waals surface area contributed by atoms with Gasteiger partial charge in [-0.2, -0.15) is 0 Å². The van der Waals surface area contributed by atoms with Crippen LogP contribution in [0.1, 0.15) is 16.1 Å². The van der Waals surface area contributed by atoms with Crippen LogP contribution in [0.15, 0.2) is 66.0 Å². The van der Waals surface area contributed by atoms with Crippen LogP contribution < -0.4 is 0 Å². The highest BCUT2D eigenvalue weighted by molar-refractivity contribution is 7.89. The van der Waals surface area contributed by atoms with Crippen LogP contribution in [0.25, 0.3) is 5.69 Å². The number of aromatic nitrogens is 2. The Balaban J connectivity index is 1.76. The van der Waals surface area contributed by atoms with Gasteiger partial charge >= 0.3 is 5.97 Å². The molecule has 0 aliphatic rings. The number of carbonyl (C=O) groups is 1. The molecule has 1 heterocycles. The first-order chi connectivity index (χ1) is 13.3. The smallest absolute Gasteiger partial charge is 0.357 e. The summed E-state index contributed by atoms with van der Waals surface area (Å²) in [6.07, 6.45) is 2.77. The lowest BCUT2D eigenvalue weighted by molar-refractivity contribution is 0.0463. The van der Waals surface area contributed by atoms with E-state index < -0.39 is 16.0 Å². The van der Waals surface area contributed by atoms with Gasteiger partial charge in [-0.3, -0.25) is 4.57 Å². The molecule has 1 aromatic heterocycles. The summed E-state index contributed by atoms with van der Waals surface area (Å²) in [5, 5.41) is 0. The lowest BCUT2D eigenvalue weighted by Gasteiger charge is -2.12. The van der Waals surface area contributed by atoms with Crippen molar-refractivity contribution < 1.29 is 22.3 Å². The monoisotopic (exact) mass is 403 g/mol. The molecule has 0 unspecified atom stereocenters. The summed E-state index contributed by atoms with van der Waals surface area (Å²) < 4.78 is 45.4. The predicted molar refractivity (Wildman–Crippen MR) is 100.0 cm³/mol. The lowest BCUT2D eigenvalue weighted by atomic mass is 10.2. The Bertz CT molecular complexity index is 1090. The Labute approximate surface area is 162 Å². The average Bonchev–Trinajstić information content (AvgIpc) is 3.16. The maximum absolute atomic E-state index is 13.1. The predicted octanol–water partition coefficient (Wildman–Crippen LogP) is 2.62. The van der Waals surface area contributed by atoms with Gasteiger partial charge in [0.05, 0.1) is 17.4 Å². The molecule has 146 valence electrons. The van der Waals surface area contributed by atoms with Gasteiger partial charge in [0, 0.05) is 19.8 Å². The summed E-state index contributed by atoms with van der Waals surface area (Å²) in [6, 6.07) is 11.8. The molecule has 7 nitrogen and oxygen atoms in total. The summed E-state index contributed by atoms with van der Waals surface area (Å²) in [4.78, 5) is 16.5. The lowest BCUT2D eigenvalue weighted by Crippen LogP contribution is -2.22. The first-order valence-corrected chi connectivity index (χ1v) is 9.70. The Morgan fingerprint density at radius 2 is 1.89 bits per heavy atom. The molecule has 3 aromatic rings. The largest absolute Gasteiger partial charge is 0.456 e. The third-order valence-corrected chi connectivity index (χ3v) is 5.81. The number of halogens is 1. The summed E-state index contributed by atoms with van der Waals surface area (Å²) in [6.45, 7) is -0.107. The van der Waals surface area contributed by atoms with E-state index in [4.69, 9.17) is 4.74 Å². The number of nitrogens with zero attached hydrogens (tertiary/aromatic N) is 3. The molecule has 0 saturated carbocycles. The first-order valence-electron chi connectivity index (χ1n) is 8.26. The molecule has 0 amide bonds. The minimum atomic E-state index is -3.58. The van der Waals surface area contributed by atoms with E-state index in [0.29, 0.717) is 11.3 Å². The third kappa shape index (κ3) is 4.10. The maximum atomic E-state index is 13.1. The van der Waals surface area contributed by atoms with Gasteiger partial charge in [0.1, 0.15) is 12.4 Å². The van der Waals surface area contributed by atoms with Crippen molar-refractivity contribution >= 4 is 16.0 Å². The molecule has 0 bridgehead atoms. The highest BCUT2D eigenvalue weighted by atomic mass is 32.2. The number of ether oxygens (including phenoxy) is 1. The minimum absolute atomic E-state index is 0.107. The van der Waals surface area contributed by atoms with Crippen molar-refractivity contribution in [2.45, 2.75) is 11.5 Å². The van der Waals surface area contributed by atoms with Gasteiger partial charge < -0.3 is 4.74 Å². The molecule has 0 fully saturated rings. The number of esters is 1. The fraction of sp³-hybridized carbons (Fsp3) is 0.158. The second-order valence-electron chi connectivity index (χ2n) is 6.14. The van der Waals surface area contributed by atoms with E-state index in [9.17, 15) is 17.6 Å². The molecule has 2 aromatic carbocycles. The molecule has 0 radical (unpaired) electrons. The number of imidazole rings is 1. The standard InChI is InChI=1S/C19H18FN3O4S/c1-22(2)28(25,26)17-5-3-4-14(10-17)12-27-19(24)18-11-21-13-23(18)16-8-6-15(20)7-9-16/h3-11,13H,12H2,1-2H3. The number of benzene rings is 2. The van der Waals surface area contributed by atoms with E-state index >= 15 is 0 Å². The highest BCUT2D eigenvalue weighted by Crippen LogP contribution is 2.17. The molecule has 0 spiro atoms. The van der Waals surface area contributed by atoms with Crippen molar-refractivity contribution in [1.29, 1.82) is 0 Å². The van der Waals surface area contributed by atoms with Gasteiger partial charge in [-0.25, -0.2) is 26.9 Å². The van der Waals surface area contributed by atoms with Gasteiger partial charge in [0.2, 0.25) is 10.0 Å². The Kier molecular flexibility index (Phi) is 5.57. The molecule has 0 atom stereocenters. The molecule has 3 rings (SSSR count). The molecule has 9 heteroatoms. The quantitative estimate of drug-likeness (QED) is 0.591. The van der Waals surface area contributed by atoms with Gasteiger partial charge in [-0.1, -0.05) is 12.1 Å². The maximum Gasteiger partial charge on any atom is 0.357 e. The first kappa shape index (κ1) is 19.7. The molecule has 0 saturated heterocycles. The van der Waals surface area contributed by atoms with Crippen LogP contribution in [0, 0.1) is 5.82 Å². The van der Waals surface area contributed by atoms with Crippen LogP contribution in [0.3, 0.4) is 0 Å². The molecule has 0 aliphatic carbocycles. The zero-order valence-corrected chi connectivity index (χ0v) is 16.1. The van der Waals surface area contributed by atoms with Gasteiger partial charge in [0.15, 0.2) is 5.69 Å². The van der Waals surface area contributed by atoms with E-state index in [1.54, 1.807) is 12.1 Å². The fourth-order valence-corrected chi connectivity index (χ4v) is 3.46. The SMILES string of the molecule is CN(C)S(=O)(=O)c1cccc(COC(=O)c2cncn2-c2ccc(F)cc2)c1. The van der Waals surface area contributed by atoms with E-state index in [1.807, 2.05) is 0 Å². The molecule has 0 N–H and O–H groups in total. The van der Waals surface area contributed by atoms with Crippen LogP contribution in [-0.2, 0) is 21.4 Å². The van der Waals surface area contributed by atoms with Crippen LogP contribution in [0.4, 0.5) is 4.39 Å². The van der Waals surface area contributed by atoms with Gasteiger partial charge in [0.25, 0.3) is 0 Å². The normalized spacial score (nSPS) is 11.6. The Morgan fingerprint density at radius 3 is 2.57 bits per heavy atom. The van der Waals surface area contributed by atoms with E-state index in [0.717, 1.165) is 4.31 Å². The van der Waals surface area contributed by atoms with Crippen LogP contribution in [-0.4, -0.2) is 42.3 Å². The zero-order chi connectivity index (χ0) is 20.3. The van der Waals surface area contributed by atoms with Gasteiger partial charge in [-0.15, -0.1) is 0 Å². The zero-order valence-electron chi connectivity index (χ0n) is 15.2. The van der Waals surface area contributed by atoms with Crippen molar-refractivity contribution in [3.63, 3.8) is 0 Å². The van der Waals surface area contributed by atoms with E-state index in [-0.39, 0.29) is 23.0 Å². The number of hydrogen-bond acceptors (Lipinski definition) is 5. The summed E-state index contributed by atoms with van der Waals surface area (Å²) in [7, 11) is -0.693. The summed E-state index contributed by atoms with van der Waals surface area (Å²) >= 11 is 0. The Morgan fingerprint density at radius 1 is 1.18 bits per heavy atom. The van der Waals surface area contributed by atoms with Crippen LogP contribution in [0.2, 0.25) is 0 Å². The highest BCUT2D eigenvalue weighted by Gasteiger charge is 2.18. The fourth-order valence-electron chi connectivity index (χ4n) is 2.48. The van der Waals surface area contributed by atoms with Crippen molar-refractivity contribution in [2.75, 3.05) is 14.1 Å². The summed E-state index contributed by atoms with van der Waals surface area (Å²) in [5.41, 5.74) is 1.26. The number of rotatable bonds is 6. The van der Waals surface area contributed by atoms with Crippen molar-refractivity contribution in [3.05, 3.63) is 78.1 Å². The second kappa shape index (κ2) is 7.91. The van der Waals surface area contributed by atoms with Gasteiger partial charge in [-0.05, 0) is 42.0 Å². The average molecular weight is 403 g/mol. The van der Waals surface area contributed by atoms with Crippen LogP contribution >= 0.6 is 0 Å². The topological polar surface area (TPSA) is 81.5 Å². The van der Waals surface area contributed by atoms with E-state index in [2.05, 4.69) is 4.98 Å². The molecular weight excluding hydrogens is 385 g/mol. The second-order valence-corrected chi connectivity index (χ2v) is 8.29. The molecule has 28 heavy (non-hydrogen) atoms. The minimum Gasteiger partial charge on any atom is -0.456 e. The van der Waals surface area contributed by atoms with Crippen molar-refractivity contribution in [2.24, 2.45) is 0 Å². The number of sulfonamides is 1. The third-order valence-electron chi connectivity index (χ3n) is 4.00. The van der Waals surface area contributed by atoms with Crippen molar-refractivity contribution in [3.8, 4) is 5.69 Å². The molecule has 0 aliphatic heterocycles. The Hall–Kier alpha value is -3.04. The molecular formula is C19H18FN3O4S. The van der Waals surface area contributed by atoms with Crippen LogP contribution in [0.5, 0.6) is 0 Å². The van der Waals surface area contributed by atoms with E-state index in [1.165, 1.54) is 67.6 Å². The number of hydrogen-bond donors (Lipinski definition) is 0. The summed E-state index contributed by atoms with van der Waals surface area (Å²) in [5.74, 6) is -1.02. The van der Waals surface area contributed by atoms with Crippen molar-refractivity contribution in [1.82, 2.24) is 13.9 Å².